The number of benzene rings is 1. The maximum Gasteiger partial charge on any atom is 0.273 e. The summed E-state index contributed by atoms with van der Waals surface area (Å²) in [6.07, 6.45) is 2.68. The zero-order valence-corrected chi connectivity index (χ0v) is 14.5. The van der Waals surface area contributed by atoms with Crippen LogP contribution in [-0.2, 0) is 14.3 Å². The molecule has 0 aliphatic carbocycles. The molecule has 1 aromatic carbocycles. The van der Waals surface area contributed by atoms with Crippen molar-refractivity contribution < 1.29 is 14.3 Å². The Balaban J connectivity index is 1.97. The summed E-state index contributed by atoms with van der Waals surface area (Å²) < 4.78 is 5.45. The fourth-order valence-corrected chi connectivity index (χ4v) is 2.71. The molecule has 0 saturated carbocycles. The smallest absolute Gasteiger partial charge is 0.273 e. The van der Waals surface area contributed by atoms with Crippen molar-refractivity contribution >= 4 is 40.6 Å². The molecule has 1 aliphatic rings. The highest BCUT2D eigenvalue weighted by molar-refractivity contribution is 6.55. The van der Waals surface area contributed by atoms with Crippen molar-refractivity contribution in [1.29, 1.82) is 0 Å². The lowest BCUT2D eigenvalue weighted by molar-refractivity contribution is -0.136. The lowest BCUT2D eigenvalue weighted by Gasteiger charge is -2.14. The molecule has 0 N–H and O–H groups in total. The van der Waals surface area contributed by atoms with E-state index in [0.29, 0.717) is 36.8 Å². The summed E-state index contributed by atoms with van der Waals surface area (Å²) in [6, 6.07) is 6.69. The normalized spacial score (nSPS) is 15.0. The molecule has 0 spiro atoms. The number of halogens is 2. The molecule has 2 amide bonds. The quantitative estimate of drug-likeness (QED) is 0.525. The second kappa shape index (κ2) is 8.48. The highest BCUT2D eigenvalue weighted by Crippen LogP contribution is 2.32. The summed E-state index contributed by atoms with van der Waals surface area (Å²) in [5, 5.41) is 0.521. The molecule has 6 heteroatoms. The molecule has 0 unspecified atom stereocenters. The first-order valence-corrected chi connectivity index (χ1v) is 8.41. The number of carbonyl (C=O) groups excluding carboxylic acids is 2. The molecule has 0 aromatic heterocycles. The fraction of sp³-hybridized carbons (Fsp3) is 0.412. The van der Waals surface area contributed by atoms with E-state index < -0.39 is 5.91 Å². The Hall–Kier alpha value is -1.36. The number of imide groups is 1. The minimum atomic E-state index is -0.449. The number of nitrogens with zero attached hydrogens (tertiary/aromatic N) is 1. The van der Waals surface area contributed by atoms with Gasteiger partial charge in [-0.1, -0.05) is 48.7 Å². The highest BCUT2D eigenvalue weighted by Gasteiger charge is 2.37. The third-order valence-electron chi connectivity index (χ3n) is 3.56. The Morgan fingerprint density at radius 3 is 2.30 bits per heavy atom. The Morgan fingerprint density at radius 1 is 1.00 bits per heavy atom. The van der Waals surface area contributed by atoms with E-state index in [1.54, 1.807) is 24.3 Å². The van der Waals surface area contributed by atoms with E-state index in [4.69, 9.17) is 27.9 Å². The first-order valence-electron chi connectivity index (χ1n) is 7.66. The summed E-state index contributed by atoms with van der Waals surface area (Å²) in [5.41, 5.74) is 0.833. The van der Waals surface area contributed by atoms with Crippen molar-refractivity contribution in [2.75, 3.05) is 19.8 Å². The Labute approximate surface area is 146 Å². The van der Waals surface area contributed by atoms with E-state index in [9.17, 15) is 9.59 Å². The summed E-state index contributed by atoms with van der Waals surface area (Å²) >= 11 is 11.9. The topological polar surface area (TPSA) is 46.6 Å². The number of rotatable bonds is 8. The second-order valence-corrected chi connectivity index (χ2v) is 6.09. The van der Waals surface area contributed by atoms with E-state index in [0.717, 1.165) is 12.8 Å². The van der Waals surface area contributed by atoms with E-state index >= 15 is 0 Å². The molecule has 1 aliphatic heterocycles. The van der Waals surface area contributed by atoms with Crippen molar-refractivity contribution in [2.45, 2.75) is 26.2 Å². The summed E-state index contributed by atoms with van der Waals surface area (Å²) in [5.74, 6) is -0.814. The number of unbranched alkanes of at least 4 members (excludes halogenated alkanes) is 1. The minimum Gasteiger partial charge on any atom is -0.381 e. The fourth-order valence-electron chi connectivity index (χ4n) is 2.29. The van der Waals surface area contributed by atoms with Gasteiger partial charge in [0.2, 0.25) is 0 Å². The van der Waals surface area contributed by atoms with Gasteiger partial charge >= 0.3 is 0 Å². The number of carbonyl (C=O) groups is 2. The van der Waals surface area contributed by atoms with Crippen LogP contribution in [0.25, 0.3) is 5.57 Å². The molecule has 0 saturated heterocycles. The zero-order valence-electron chi connectivity index (χ0n) is 13.0. The first-order chi connectivity index (χ1) is 11.1. The lowest BCUT2D eigenvalue weighted by atomic mass is 10.1. The van der Waals surface area contributed by atoms with Crippen LogP contribution < -0.4 is 0 Å². The summed E-state index contributed by atoms with van der Waals surface area (Å²) in [6.45, 7) is 3.62. The molecular formula is C17H19Cl2NO3. The first kappa shape index (κ1) is 18.0. The van der Waals surface area contributed by atoms with Crippen molar-refractivity contribution in [3.8, 4) is 0 Å². The second-order valence-electron chi connectivity index (χ2n) is 5.28. The van der Waals surface area contributed by atoms with Crippen LogP contribution in [0, 0.1) is 0 Å². The monoisotopic (exact) mass is 355 g/mol. The van der Waals surface area contributed by atoms with Crippen LogP contribution in [0.4, 0.5) is 0 Å². The van der Waals surface area contributed by atoms with Gasteiger partial charge in [0.05, 0.1) is 5.57 Å². The predicted molar refractivity (Wildman–Crippen MR) is 91.3 cm³/mol. The van der Waals surface area contributed by atoms with Gasteiger partial charge in [0, 0.05) is 24.8 Å². The maximum atomic E-state index is 12.5. The van der Waals surface area contributed by atoms with Gasteiger partial charge in [-0.15, -0.1) is 0 Å². The Morgan fingerprint density at radius 2 is 1.65 bits per heavy atom. The van der Waals surface area contributed by atoms with E-state index in [1.165, 1.54) is 4.90 Å². The van der Waals surface area contributed by atoms with Gasteiger partial charge in [0.1, 0.15) is 5.03 Å². The average Bonchev–Trinajstić information content (AvgIpc) is 2.75. The number of hydrogen-bond acceptors (Lipinski definition) is 3. The van der Waals surface area contributed by atoms with Crippen LogP contribution >= 0.6 is 23.2 Å². The highest BCUT2D eigenvalue weighted by atomic mass is 35.5. The number of hydrogen-bond donors (Lipinski definition) is 0. The molecular weight excluding hydrogens is 337 g/mol. The molecule has 0 radical (unpaired) electrons. The van der Waals surface area contributed by atoms with Gasteiger partial charge in [-0.3, -0.25) is 14.5 Å². The van der Waals surface area contributed by atoms with Crippen LogP contribution in [0.5, 0.6) is 0 Å². The van der Waals surface area contributed by atoms with Gasteiger partial charge in [0.25, 0.3) is 11.8 Å². The Kier molecular flexibility index (Phi) is 6.63. The third-order valence-corrected chi connectivity index (χ3v) is 4.16. The zero-order chi connectivity index (χ0) is 16.8. The van der Waals surface area contributed by atoms with Crippen LogP contribution in [0.3, 0.4) is 0 Å². The SMILES string of the molecule is CCCCOCCCN1C(=O)C(Cl)=C(c2ccc(Cl)cc2)C1=O. The molecule has 2 rings (SSSR count). The number of ether oxygens (including phenoxy) is 1. The largest absolute Gasteiger partial charge is 0.381 e. The van der Waals surface area contributed by atoms with Crippen LogP contribution in [0.1, 0.15) is 31.7 Å². The van der Waals surface area contributed by atoms with E-state index in [1.807, 2.05) is 0 Å². The molecule has 0 atom stereocenters. The molecule has 4 nitrogen and oxygen atoms in total. The van der Waals surface area contributed by atoms with Crippen LogP contribution in [-0.4, -0.2) is 36.5 Å². The number of amides is 2. The van der Waals surface area contributed by atoms with Crippen LogP contribution in [0.2, 0.25) is 5.02 Å². The third kappa shape index (κ3) is 4.34. The summed E-state index contributed by atoms with van der Waals surface area (Å²) in [4.78, 5) is 25.8. The Bertz CT molecular complexity index is 611. The van der Waals surface area contributed by atoms with Gasteiger partial charge < -0.3 is 4.74 Å². The molecule has 1 heterocycles. The average molecular weight is 356 g/mol. The van der Waals surface area contributed by atoms with Crippen molar-refractivity contribution in [1.82, 2.24) is 4.90 Å². The minimum absolute atomic E-state index is 0.0378. The van der Waals surface area contributed by atoms with Crippen molar-refractivity contribution in [2.24, 2.45) is 0 Å². The lowest BCUT2D eigenvalue weighted by Crippen LogP contribution is -2.32. The molecule has 0 fully saturated rings. The van der Waals surface area contributed by atoms with Crippen LogP contribution in [0.15, 0.2) is 29.3 Å². The predicted octanol–water partition coefficient (Wildman–Crippen LogP) is 3.87. The molecule has 124 valence electrons. The molecule has 0 bridgehead atoms. The maximum absolute atomic E-state index is 12.5. The van der Waals surface area contributed by atoms with E-state index in [-0.39, 0.29) is 16.5 Å². The van der Waals surface area contributed by atoms with Gasteiger partial charge in [0.15, 0.2) is 0 Å². The summed E-state index contributed by atoms with van der Waals surface area (Å²) in [7, 11) is 0. The standard InChI is InChI=1S/C17H19Cl2NO3/c1-2-3-10-23-11-4-9-20-16(21)14(15(19)17(20)22)12-5-7-13(18)8-6-12/h5-8H,2-4,9-11H2,1H3. The molecule has 23 heavy (non-hydrogen) atoms. The van der Waals surface area contributed by atoms with Crippen molar-refractivity contribution in [3.05, 3.63) is 39.9 Å². The van der Waals surface area contributed by atoms with Crippen molar-refractivity contribution in [3.63, 3.8) is 0 Å². The molecule has 1 aromatic rings. The van der Waals surface area contributed by atoms with Gasteiger partial charge in [-0.2, -0.15) is 0 Å². The van der Waals surface area contributed by atoms with Gasteiger partial charge in [-0.25, -0.2) is 0 Å². The van der Waals surface area contributed by atoms with E-state index in [2.05, 4.69) is 6.92 Å². The van der Waals surface area contributed by atoms with Gasteiger partial charge in [-0.05, 0) is 30.5 Å².